The molecule has 8 nitrogen and oxygen atoms in total. The fourth-order valence-corrected chi connectivity index (χ4v) is 2.76. The quantitative estimate of drug-likeness (QED) is 0.367. The molecule has 8 heteroatoms. The van der Waals surface area contributed by atoms with Gasteiger partial charge in [0.15, 0.2) is 5.96 Å². The lowest BCUT2D eigenvalue weighted by atomic mass is 10.1. The highest BCUT2D eigenvalue weighted by atomic mass is 16.6. The van der Waals surface area contributed by atoms with Crippen molar-refractivity contribution in [1.29, 1.82) is 0 Å². The van der Waals surface area contributed by atoms with Gasteiger partial charge in [-0.2, -0.15) is 0 Å². The molecular weight excluding hydrogens is 380 g/mol. The van der Waals surface area contributed by atoms with Crippen LogP contribution < -0.4 is 20.9 Å². The Labute approximate surface area is 179 Å². The van der Waals surface area contributed by atoms with Gasteiger partial charge < -0.3 is 25.6 Å². The number of pyridine rings is 1. The predicted molar refractivity (Wildman–Crippen MR) is 123 cm³/mol. The molecule has 164 valence electrons. The summed E-state index contributed by atoms with van der Waals surface area (Å²) >= 11 is 0. The number of nitrogens with zero attached hydrogens (tertiary/aromatic N) is 3. The minimum atomic E-state index is -0.507. The van der Waals surface area contributed by atoms with Crippen LogP contribution >= 0.6 is 0 Å². The number of carbonyl (C=O) groups is 1. The molecule has 0 unspecified atom stereocenters. The Hall–Kier alpha value is -3.03. The van der Waals surface area contributed by atoms with Gasteiger partial charge in [0.2, 0.25) is 0 Å². The number of aromatic nitrogens is 1. The van der Waals surface area contributed by atoms with E-state index in [9.17, 15) is 4.79 Å². The highest BCUT2D eigenvalue weighted by Gasteiger charge is 2.15. The molecule has 0 saturated carbocycles. The Morgan fingerprint density at radius 1 is 1.13 bits per heavy atom. The largest absolute Gasteiger partial charge is 0.444 e. The zero-order chi connectivity index (χ0) is 22.1. The van der Waals surface area contributed by atoms with Gasteiger partial charge in [-0.1, -0.05) is 18.2 Å². The highest BCUT2D eigenvalue weighted by Crippen LogP contribution is 2.22. The highest BCUT2D eigenvalue weighted by molar-refractivity contribution is 5.85. The molecule has 1 aromatic carbocycles. The number of nitrogens with one attached hydrogen (secondary N) is 3. The van der Waals surface area contributed by atoms with Crippen molar-refractivity contribution in [3.05, 3.63) is 35.9 Å². The van der Waals surface area contributed by atoms with E-state index in [1.807, 2.05) is 64.9 Å². The topological polar surface area (TPSA) is 90.9 Å². The molecule has 0 atom stereocenters. The van der Waals surface area contributed by atoms with Crippen molar-refractivity contribution in [3.63, 3.8) is 0 Å². The summed E-state index contributed by atoms with van der Waals surface area (Å²) in [6.07, 6.45) is -0.425. The third-order valence-corrected chi connectivity index (χ3v) is 4.08. The van der Waals surface area contributed by atoms with Gasteiger partial charge in [-0.15, -0.1) is 0 Å². The van der Waals surface area contributed by atoms with E-state index < -0.39 is 11.7 Å². The normalized spacial score (nSPS) is 11.9. The summed E-state index contributed by atoms with van der Waals surface area (Å²) in [4.78, 5) is 23.1. The van der Waals surface area contributed by atoms with Crippen LogP contribution in [-0.2, 0) is 11.3 Å². The average Bonchev–Trinajstić information content (AvgIpc) is 2.67. The lowest BCUT2D eigenvalue weighted by Crippen LogP contribution is -2.42. The number of anilines is 1. The molecule has 0 fully saturated rings. The number of amides is 1. The molecule has 1 amide bonds. The number of hydrogen-bond acceptors (Lipinski definition) is 5. The second kappa shape index (κ2) is 10.7. The Balaban J connectivity index is 2.03. The van der Waals surface area contributed by atoms with Crippen LogP contribution in [0, 0.1) is 0 Å². The van der Waals surface area contributed by atoms with Crippen LogP contribution in [0.5, 0.6) is 0 Å². The fraction of sp³-hybridized carbons (Fsp3) is 0.500. The van der Waals surface area contributed by atoms with Crippen LogP contribution in [0.2, 0.25) is 0 Å². The molecule has 0 bridgehead atoms. The maximum Gasteiger partial charge on any atom is 0.407 e. The second-order valence-electron chi connectivity index (χ2n) is 8.10. The van der Waals surface area contributed by atoms with Crippen LogP contribution in [-0.4, -0.2) is 56.4 Å². The summed E-state index contributed by atoms with van der Waals surface area (Å²) < 4.78 is 5.24. The summed E-state index contributed by atoms with van der Waals surface area (Å²) in [5, 5.41) is 10.3. The fourth-order valence-electron chi connectivity index (χ4n) is 2.76. The lowest BCUT2D eigenvalue weighted by molar-refractivity contribution is 0.0529. The second-order valence-corrected chi connectivity index (χ2v) is 8.10. The van der Waals surface area contributed by atoms with E-state index in [1.54, 1.807) is 0 Å². The van der Waals surface area contributed by atoms with Crippen molar-refractivity contribution < 1.29 is 9.53 Å². The van der Waals surface area contributed by atoms with Crippen LogP contribution in [0.3, 0.4) is 0 Å². The molecule has 1 heterocycles. The number of rotatable bonds is 7. The number of alkyl carbamates (subject to hydrolysis) is 1. The van der Waals surface area contributed by atoms with Crippen LogP contribution in [0.15, 0.2) is 35.3 Å². The zero-order valence-electron chi connectivity index (χ0n) is 18.9. The summed E-state index contributed by atoms with van der Waals surface area (Å²) in [5.74, 6) is 1.59. The molecule has 0 aliphatic carbocycles. The number of aliphatic imine (C=N–C) groups is 1. The van der Waals surface area contributed by atoms with E-state index in [-0.39, 0.29) is 0 Å². The number of fused-ring (bicyclic) bond motifs is 1. The molecule has 2 aromatic rings. The standard InChI is InChI=1S/C22H34N6O2/c1-7-23-20(24-12-13-25-21(29)30-22(2,3)4)26-15-16-14-19(28(5)6)27-18-11-9-8-10-17(16)18/h8-11,14H,7,12-13,15H2,1-6H3,(H,25,29)(H2,23,24,26). The smallest absolute Gasteiger partial charge is 0.407 e. The van der Waals surface area contributed by atoms with Gasteiger partial charge in [-0.3, -0.25) is 0 Å². The molecule has 2 rings (SSSR count). The van der Waals surface area contributed by atoms with E-state index in [0.717, 1.165) is 28.8 Å². The molecule has 30 heavy (non-hydrogen) atoms. The van der Waals surface area contributed by atoms with Crippen molar-refractivity contribution in [2.75, 3.05) is 38.6 Å². The summed E-state index contributed by atoms with van der Waals surface area (Å²) in [5.41, 5.74) is 1.55. The Bertz CT molecular complexity index is 874. The third kappa shape index (κ3) is 7.42. The van der Waals surface area contributed by atoms with E-state index in [1.165, 1.54) is 0 Å². The number of ether oxygens (including phenoxy) is 1. The van der Waals surface area contributed by atoms with Crippen molar-refractivity contribution in [2.45, 2.75) is 39.8 Å². The predicted octanol–water partition coefficient (Wildman–Crippen LogP) is 2.88. The monoisotopic (exact) mass is 414 g/mol. The number of hydrogen-bond donors (Lipinski definition) is 3. The first-order valence-electron chi connectivity index (χ1n) is 10.2. The molecule has 1 aromatic heterocycles. The molecule has 0 aliphatic heterocycles. The molecule has 0 spiro atoms. The van der Waals surface area contributed by atoms with Gasteiger partial charge in [0.1, 0.15) is 11.4 Å². The lowest BCUT2D eigenvalue weighted by Gasteiger charge is -2.20. The van der Waals surface area contributed by atoms with Crippen molar-refractivity contribution in [1.82, 2.24) is 20.9 Å². The van der Waals surface area contributed by atoms with E-state index >= 15 is 0 Å². The number of benzene rings is 1. The molecule has 0 radical (unpaired) electrons. The van der Waals surface area contributed by atoms with Crippen molar-refractivity contribution in [3.8, 4) is 0 Å². The first-order chi connectivity index (χ1) is 14.2. The minimum absolute atomic E-state index is 0.425. The zero-order valence-corrected chi connectivity index (χ0v) is 18.9. The van der Waals surface area contributed by atoms with E-state index in [2.05, 4.69) is 28.1 Å². The van der Waals surface area contributed by atoms with Gasteiger partial charge >= 0.3 is 6.09 Å². The molecule has 3 N–H and O–H groups in total. The van der Waals surface area contributed by atoms with Crippen LogP contribution in [0.25, 0.3) is 10.9 Å². The number of para-hydroxylation sites is 1. The van der Waals surface area contributed by atoms with E-state index in [4.69, 9.17) is 14.7 Å². The SMILES string of the molecule is CCNC(=NCc1cc(N(C)C)nc2ccccc12)NCCNC(=O)OC(C)(C)C. The first-order valence-corrected chi connectivity index (χ1v) is 10.2. The van der Waals surface area contributed by atoms with Gasteiger partial charge in [0.05, 0.1) is 12.1 Å². The van der Waals surface area contributed by atoms with Gasteiger partial charge in [0.25, 0.3) is 0 Å². The van der Waals surface area contributed by atoms with Gasteiger partial charge in [-0.25, -0.2) is 14.8 Å². The van der Waals surface area contributed by atoms with Crippen molar-refractivity contribution >= 4 is 28.8 Å². The van der Waals surface area contributed by atoms with Crippen LogP contribution in [0.1, 0.15) is 33.3 Å². The Morgan fingerprint density at radius 3 is 2.50 bits per heavy atom. The first kappa shape index (κ1) is 23.3. The summed E-state index contributed by atoms with van der Waals surface area (Å²) in [7, 11) is 3.96. The Morgan fingerprint density at radius 2 is 1.83 bits per heavy atom. The van der Waals surface area contributed by atoms with Gasteiger partial charge in [0, 0.05) is 39.1 Å². The third-order valence-electron chi connectivity index (χ3n) is 4.08. The molecule has 0 saturated heterocycles. The van der Waals surface area contributed by atoms with Gasteiger partial charge in [-0.05, 0) is 45.4 Å². The molecule has 0 aliphatic rings. The van der Waals surface area contributed by atoms with E-state index in [0.29, 0.717) is 25.6 Å². The summed E-state index contributed by atoms with van der Waals surface area (Å²) in [6, 6.07) is 10.2. The summed E-state index contributed by atoms with van der Waals surface area (Å²) in [6.45, 7) is 9.75. The van der Waals surface area contributed by atoms with Crippen molar-refractivity contribution in [2.24, 2.45) is 4.99 Å². The maximum atomic E-state index is 11.7. The minimum Gasteiger partial charge on any atom is -0.444 e. The molecular formula is C22H34N6O2. The number of guanidine groups is 1. The van der Waals surface area contributed by atoms with Crippen LogP contribution in [0.4, 0.5) is 10.6 Å². The number of carbonyl (C=O) groups excluding carboxylic acids is 1. The maximum absolute atomic E-state index is 11.7. The average molecular weight is 415 g/mol. The Kier molecular flexibility index (Phi) is 8.26.